The van der Waals surface area contributed by atoms with Crippen molar-refractivity contribution in [1.29, 1.82) is 0 Å². The largest absolute Gasteiger partial charge is 0.467 e. The second-order valence-electron chi connectivity index (χ2n) is 5.06. The molecule has 24 heavy (non-hydrogen) atoms. The highest BCUT2D eigenvalue weighted by molar-refractivity contribution is 6.30. The summed E-state index contributed by atoms with van der Waals surface area (Å²) in [6, 6.07) is 6.20. The standard InChI is InChI=1S/C15H14ClN5O3/c1-3-11(15(23)24-2)20-8-17-13-12(14(20)22)18-19-21(13)10-6-4-5-9(16)7-10/h4-8,11H,3H2,1-2H3/t11-/m0/s1. The number of nitrogens with zero attached hydrogens (tertiary/aromatic N) is 5. The maximum Gasteiger partial charge on any atom is 0.329 e. The number of benzene rings is 1. The van der Waals surface area contributed by atoms with E-state index in [1.807, 2.05) is 0 Å². The second kappa shape index (κ2) is 6.40. The number of methoxy groups -OCH3 is 1. The molecule has 1 aromatic carbocycles. The van der Waals surface area contributed by atoms with Crippen molar-refractivity contribution in [3.05, 3.63) is 46.0 Å². The molecular formula is C15H14ClN5O3. The van der Waals surface area contributed by atoms with Gasteiger partial charge in [0.2, 0.25) is 0 Å². The van der Waals surface area contributed by atoms with E-state index in [1.165, 1.54) is 22.7 Å². The molecule has 8 nitrogen and oxygen atoms in total. The molecule has 0 aliphatic heterocycles. The number of carbonyl (C=O) groups excluding carboxylic acids is 1. The topological polar surface area (TPSA) is 91.9 Å². The first kappa shape index (κ1) is 16.1. The highest BCUT2D eigenvalue weighted by atomic mass is 35.5. The second-order valence-corrected chi connectivity index (χ2v) is 5.49. The average molecular weight is 348 g/mol. The highest BCUT2D eigenvalue weighted by Crippen LogP contribution is 2.17. The Labute approximate surface area is 141 Å². The zero-order chi connectivity index (χ0) is 17.3. The molecule has 0 spiro atoms. The van der Waals surface area contributed by atoms with Gasteiger partial charge >= 0.3 is 5.97 Å². The van der Waals surface area contributed by atoms with E-state index in [0.717, 1.165) is 0 Å². The zero-order valence-electron chi connectivity index (χ0n) is 13.0. The van der Waals surface area contributed by atoms with Crippen LogP contribution in [-0.4, -0.2) is 37.6 Å². The molecule has 0 unspecified atom stereocenters. The molecule has 0 saturated heterocycles. The molecule has 0 bridgehead atoms. The molecule has 9 heteroatoms. The number of fused-ring (bicyclic) bond motifs is 1. The van der Waals surface area contributed by atoms with Gasteiger partial charge in [-0.2, -0.15) is 4.68 Å². The van der Waals surface area contributed by atoms with E-state index in [-0.39, 0.29) is 5.52 Å². The van der Waals surface area contributed by atoms with Crippen molar-refractivity contribution in [3.63, 3.8) is 0 Å². The third-order valence-electron chi connectivity index (χ3n) is 3.64. The minimum Gasteiger partial charge on any atom is -0.467 e. The lowest BCUT2D eigenvalue weighted by Gasteiger charge is -2.14. The van der Waals surface area contributed by atoms with E-state index < -0.39 is 17.6 Å². The van der Waals surface area contributed by atoms with E-state index in [2.05, 4.69) is 15.3 Å². The van der Waals surface area contributed by atoms with Crippen LogP contribution in [0.5, 0.6) is 0 Å². The van der Waals surface area contributed by atoms with Crippen molar-refractivity contribution in [1.82, 2.24) is 24.5 Å². The smallest absolute Gasteiger partial charge is 0.329 e. The summed E-state index contributed by atoms with van der Waals surface area (Å²) in [5.74, 6) is -0.511. The average Bonchev–Trinajstić information content (AvgIpc) is 3.02. The molecule has 0 amide bonds. The van der Waals surface area contributed by atoms with E-state index in [0.29, 0.717) is 22.8 Å². The molecule has 0 radical (unpaired) electrons. The van der Waals surface area contributed by atoms with Crippen LogP contribution < -0.4 is 5.56 Å². The van der Waals surface area contributed by atoms with Crippen LogP contribution in [-0.2, 0) is 9.53 Å². The van der Waals surface area contributed by atoms with Crippen molar-refractivity contribution < 1.29 is 9.53 Å². The molecule has 0 N–H and O–H groups in total. The molecule has 3 aromatic rings. The number of aromatic nitrogens is 5. The number of hydrogen-bond acceptors (Lipinski definition) is 6. The molecule has 3 rings (SSSR count). The van der Waals surface area contributed by atoms with Crippen molar-refractivity contribution in [3.8, 4) is 5.69 Å². The summed E-state index contributed by atoms with van der Waals surface area (Å²) in [5, 5.41) is 8.41. The third kappa shape index (κ3) is 2.65. The maximum atomic E-state index is 12.6. The third-order valence-corrected chi connectivity index (χ3v) is 3.87. The summed E-state index contributed by atoms with van der Waals surface area (Å²) in [7, 11) is 1.28. The quantitative estimate of drug-likeness (QED) is 0.668. The Bertz CT molecular complexity index is 965. The zero-order valence-corrected chi connectivity index (χ0v) is 13.8. The van der Waals surface area contributed by atoms with E-state index in [9.17, 15) is 9.59 Å². The van der Waals surface area contributed by atoms with Crippen molar-refractivity contribution in [2.75, 3.05) is 7.11 Å². The summed E-state index contributed by atoms with van der Waals surface area (Å²) in [6.45, 7) is 1.78. The first-order valence-corrected chi connectivity index (χ1v) is 7.61. The van der Waals surface area contributed by atoms with Gasteiger partial charge in [0.05, 0.1) is 12.8 Å². The number of esters is 1. The molecule has 124 valence electrons. The van der Waals surface area contributed by atoms with Gasteiger partial charge in [-0.05, 0) is 24.6 Å². The van der Waals surface area contributed by atoms with Gasteiger partial charge in [0.15, 0.2) is 11.2 Å². The van der Waals surface area contributed by atoms with Crippen LogP contribution in [0.25, 0.3) is 16.9 Å². The Balaban J connectivity index is 2.16. The molecule has 0 saturated carbocycles. The van der Waals surface area contributed by atoms with Gasteiger partial charge in [-0.25, -0.2) is 9.78 Å². The maximum absolute atomic E-state index is 12.6. The molecule has 0 fully saturated rings. The lowest BCUT2D eigenvalue weighted by atomic mass is 10.2. The van der Waals surface area contributed by atoms with Gasteiger partial charge in [0.25, 0.3) is 5.56 Å². The van der Waals surface area contributed by atoms with Crippen LogP contribution in [0.15, 0.2) is 35.4 Å². The minimum atomic E-state index is -0.754. The first-order valence-electron chi connectivity index (χ1n) is 7.23. The summed E-state index contributed by atoms with van der Waals surface area (Å²) < 4.78 is 7.37. The summed E-state index contributed by atoms with van der Waals surface area (Å²) in [6.07, 6.45) is 1.70. The van der Waals surface area contributed by atoms with Gasteiger partial charge in [0.1, 0.15) is 12.4 Å². The van der Waals surface area contributed by atoms with Crippen LogP contribution in [0.1, 0.15) is 19.4 Å². The molecule has 0 aliphatic rings. The van der Waals surface area contributed by atoms with Crippen molar-refractivity contribution in [2.24, 2.45) is 0 Å². The lowest BCUT2D eigenvalue weighted by molar-refractivity contribution is -0.144. The molecular weight excluding hydrogens is 334 g/mol. The molecule has 2 aromatic heterocycles. The van der Waals surface area contributed by atoms with Crippen molar-refractivity contribution in [2.45, 2.75) is 19.4 Å². The Morgan fingerprint density at radius 3 is 2.88 bits per heavy atom. The summed E-state index contributed by atoms with van der Waals surface area (Å²) in [5.41, 5.74) is 0.540. The monoisotopic (exact) mass is 347 g/mol. The summed E-state index contributed by atoms with van der Waals surface area (Å²) in [4.78, 5) is 28.7. The van der Waals surface area contributed by atoms with E-state index >= 15 is 0 Å². The Morgan fingerprint density at radius 2 is 2.21 bits per heavy atom. The van der Waals surface area contributed by atoms with Gasteiger partial charge in [-0.3, -0.25) is 9.36 Å². The fourth-order valence-electron chi connectivity index (χ4n) is 2.44. The first-order chi connectivity index (χ1) is 11.6. The van der Waals surface area contributed by atoms with Crippen LogP contribution in [0.2, 0.25) is 5.02 Å². The number of halogens is 1. The minimum absolute atomic E-state index is 0.0693. The van der Waals surface area contributed by atoms with Gasteiger partial charge in [0, 0.05) is 5.02 Å². The molecule has 2 heterocycles. The number of ether oxygens (including phenoxy) is 1. The molecule has 0 aliphatic carbocycles. The van der Waals surface area contributed by atoms with Crippen molar-refractivity contribution >= 4 is 28.7 Å². The normalized spacial score (nSPS) is 12.3. The predicted octanol–water partition coefficient (Wildman–Crippen LogP) is 1.75. The Morgan fingerprint density at radius 1 is 1.42 bits per heavy atom. The number of carbonyl (C=O) groups is 1. The van der Waals surface area contributed by atoms with Gasteiger partial charge < -0.3 is 4.74 Å². The van der Waals surface area contributed by atoms with Gasteiger partial charge in [-0.15, -0.1) is 5.10 Å². The molecule has 1 atom stereocenters. The SMILES string of the molecule is CC[C@@H](C(=O)OC)n1cnc2c(nnn2-c2cccc(Cl)c2)c1=O. The number of hydrogen-bond donors (Lipinski definition) is 0. The highest BCUT2D eigenvalue weighted by Gasteiger charge is 2.23. The lowest BCUT2D eigenvalue weighted by Crippen LogP contribution is -2.30. The Kier molecular flexibility index (Phi) is 4.30. The van der Waals surface area contributed by atoms with Crippen LogP contribution in [0, 0.1) is 0 Å². The van der Waals surface area contributed by atoms with Crippen LogP contribution in [0.4, 0.5) is 0 Å². The van der Waals surface area contributed by atoms with E-state index in [1.54, 1.807) is 31.2 Å². The van der Waals surface area contributed by atoms with Crippen LogP contribution in [0.3, 0.4) is 0 Å². The predicted molar refractivity (Wildman–Crippen MR) is 87.3 cm³/mol. The fraction of sp³-hybridized carbons (Fsp3) is 0.267. The van der Waals surface area contributed by atoms with Gasteiger partial charge in [-0.1, -0.05) is 29.8 Å². The fourth-order valence-corrected chi connectivity index (χ4v) is 2.62. The van der Waals surface area contributed by atoms with Crippen LogP contribution >= 0.6 is 11.6 Å². The Hall–Kier alpha value is -2.74. The number of rotatable bonds is 4. The van der Waals surface area contributed by atoms with E-state index in [4.69, 9.17) is 16.3 Å². The summed E-state index contributed by atoms with van der Waals surface area (Å²) >= 11 is 5.98.